The summed E-state index contributed by atoms with van der Waals surface area (Å²) in [5.41, 5.74) is 1.07. The first kappa shape index (κ1) is 13.5. The first-order valence-electron chi connectivity index (χ1n) is 6.19. The minimum Gasteiger partial charge on any atom is -0.497 e. The standard InChI is InChI=1S/C15H11F3N2O/c1-21-11-5-6-12-13(8-11)20-14(19-12)9-3-2-4-10(7-9)15(16,17)18/h2-8H,1H3,(H,19,20). The molecule has 0 atom stereocenters. The molecule has 0 unspecified atom stereocenters. The second kappa shape index (κ2) is 4.80. The monoisotopic (exact) mass is 292 g/mol. The molecule has 0 fully saturated rings. The molecule has 3 nitrogen and oxygen atoms in total. The van der Waals surface area contributed by atoms with Crippen LogP contribution in [0.3, 0.4) is 0 Å². The average molecular weight is 292 g/mol. The van der Waals surface area contributed by atoms with Crippen LogP contribution >= 0.6 is 0 Å². The van der Waals surface area contributed by atoms with E-state index in [0.717, 1.165) is 12.1 Å². The van der Waals surface area contributed by atoms with E-state index in [0.29, 0.717) is 28.2 Å². The first-order valence-corrected chi connectivity index (χ1v) is 6.19. The molecule has 0 saturated heterocycles. The Hall–Kier alpha value is -2.50. The maximum Gasteiger partial charge on any atom is 0.416 e. The molecule has 1 aromatic heterocycles. The van der Waals surface area contributed by atoms with Gasteiger partial charge in [-0.15, -0.1) is 0 Å². The molecule has 0 aliphatic heterocycles. The Kier molecular flexibility index (Phi) is 3.08. The number of halogens is 3. The highest BCUT2D eigenvalue weighted by Gasteiger charge is 2.30. The molecule has 0 amide bonds. The molecular formula is C15H11F3N2O. The van der Waals surface area contributed by atoms with Crippen molar-refractivity contribution in [3.63, 3.8) is 0 Å². The maximum absolute atomic E-state index is 12.7. The van der Waals surface area contributed by atoms with Gasteiger partial charge in [0.2, 0.25) is 0 Å². The van der Waals surface area contributed by atoms with E-state index in [1.807, 2.05) is 0 Å². The van der Waals surface area contributed by atoms with Crippen LogP contribution in [0.2, 0.25) is 0 Å². The van der Waals surface area contributed by atoms with E-state index in [2.05, 4.69) is 9.97 Å². The molecule has 0 radical (unpaired) electrons. The van der Waals surface area contributed by atoms with Gasteiger partial charge in [-0.25, -0.2) is 4.98 Å². The summed E-state index contributed by atoms with van der Waals surface area (Å²) in [4.78, 5) is 7.31. The lowest BCUT2D eigenvalue weighted by atomic mass is 10.1. The fraction of sp³-hybridized carbons (Fsp3) is 0.133. The van der Waals surface area contributed by atoms with Gasteiger partial charge in [0.15, 0.2) is 0 Å². The maximum atomic E-state index is 12.7. The number of hydrogen-bond acceptors (Lipinski definition) is 2. The number of imidazole rings is 1. The fourth-order valence-electron chi connectivity index (χ4n) is 2.10. The van der Waals surface area contributed by atoms with Crippen LogP contribution in [0.15, 0.2) is 42.5 Å². The molecule has 6 heteroatoms. The Bertz CT molecular complexity index is 793. The van der Waals surface area contributed by atoms with Crippen molar-refractivity contribution in [1.82, 2.24) is 9.97 Å². The summed E-state index contributed by atoms with van der Waals surface area (Å²) in [5, 5.41) is 0. The number of rotatable bonds is 2. The second-order valence-corrected chi connectivity index (χ2v) is 4.55. The summed E-state index contributed by atoms with van der Waals surface area (Å²) in [6.07, 6.45) is -4.37. The summed E-state index contributed by atoms with van der Waals surface area (Å²) < 4.78 is 43.3. The molecular weight excluding hydrogens is 281 g/mol. The summed E-state index contributed by atoms with van der Waals surface area (Å²) in [5.74, 6) is 1.05. The van der Waals surface area contributed by atoms with Gasteiger partial charge in [-0.05, 0) is 24.3 Å². The summed E-state index contributed by atoms with van der Waals surface area (Å²) in [6.45, 7) is 0. The third-order valence-corrected chi connectivity index (χ3v) is 3.15. The average Bonchev–Trinajstić information content (AvgIpc) is 2.89. The third-order valence-electron chi connectivity index (χ3n) is 3.15. The molecule has 108 valence electrons. The van der Waals surface area contributed by atoms with Gasteiger partial charge in [0, 0.05) is 11.6 Å². The largest absolute Gasteiger partial charge is 0.497 e. The topological polar surface area (TPSA) is 37.9 Å². The van der Waals surface area contributed by atoms with Gasteiger partial charge < -0.3 is 9.72 Å². The summed E-state index contributed by atoms with van der Waals surface area (Å²) >= 11 is 0. The molecule has 0 saturated carbocycles. The second-order valence-electron chi connectivity index (χ2n) is 4.55. The zero-order valence-electron chi connectivity index (χ0n) is 11.0. The van der Waals surface area contributed by atoms with Gasteiger partial charge >= 0.3 is 6.18 Å². The Balaban J connectivity index is 2.08. The zero-order valence-corrected chi connectivity index (χ0v) is 11.0. The molecule has 0 bridgehead atoms. The van der Waals surface area contributed by atoms with Crippen LogP contribution in [-0.4, -0.2) is 17.1 Å². The summed E-state index contributed by atoms with van der Waals surface area (Å²) in [7, 11) is 1.55. The van der Waals surface area contributed by atoms with Crippen LogP contribution in [0, 0.1) is 0 Å². The van der Waals surface area contributed by atoms with Crippen molar-refractivity contribution in [2.45, 2.75) is 6.18 Å². The molecule has 2 aromatic carbocycles. The van der Waals surface area contributed by atoms with Crippen LogP contribution < -0.4 is 4.74 Å². The Labute approximate surface area is 118 Å². The lowest BCUT2D eigenvalue weighted by Crippen LogP contribution is -2.04. The van der Waals surface area contributed by atoms with Gasteiger partial charge in [-0.3, -0.25) is 0 Å². The number of nitrogens with one attached hydrogen (secondary N) is 1. The van der Waals surface area contributed by atoms with Gasteiger partial charge in [-0.1, -0.05) is 12.1 Å². The number of aromatic amines is 1. The molecule has 1 heterocycles. The Morgan fingerprint density at radius 3 is 2.62 bits per heavy atom. The molecule has 0 spiro atoms. The van der Waals surface area contributed by atoms with Gasteiger partial charge in [0.05, 0.1) is 23.7 Å². The normalized spacial score (nSPS) is 11.8. The number of alkyl halides is 3. The fourth-order valence-corrected chi connectivity index (χ4v) is 2.10. The number of benzene rings is 2. The number of aromatic nitrogens is 2. The van der Waals surface area contributed by atoms with Crippen LogP contribution in [0.5, 0.6) is 5.75 Å². The first-order chi connectivity index (χ1) is 9.97. The Morgan fingerprint density at radius 2 is 1.90 bits per heavy atom. The molecule has 21 heavy (non-hydrogen) atoms. The molecule has 1 N–H and O–H groups in total. The quantitative estimate of drug-likeness (QED) is 0.766. The predicted octanol–water partition coefficient (Wildman–Crippen LogP) is 4.26. The summed E-state index contributed by atoms with van der Waals surface area (Å²) in [6, 6.07) is 10.3. The third kappa shape index (κ3) is 2.56. The lowest BCUT2D eigenvalue weighted by Gasteiger charge is -2.07. The molecule has 0 aliphatic rings. The predicted molar refractivity (Wildman–Crippen MR) is 73.1 cm³/mol. The van der Waals surface area contributed by atoms with Crippen LogP contribution in [0.4, 0.5) is 13.2 Å². The Morgan fingerprint density at radius 1 is 1.10 bits per heavy atom. The molecule has 0 aliphatic carbocycles. The number of H-pyrrole nitrogens is 1. The minimum absolute atomic E-state index is 0.389. The van der Waals surface area contributed by atoms with Crippen LogP contribution in [0.25, 0.3) is 22.4 Å². The number of methoxy groups -OCH3 is 1. The number of hydrogen-bond donors (Lipinski definition) is 1. The van der Waals surface area contributed by atoms with E-state index in [-0.39, 0.29) is 0 Å². The minimum atomic E-state index is -4.37. The van der Waals surface area contributed by atoms with Crippen molar-refractivity contribution in [3.8, 4) is 17.1 Å². The number of nitrogens with zero attached hydrogens (tertiary/aromatic N) is 1. The van der Waals surface area contributed by atoms with Crippen molar-refractivity contribution in [1.29, 1.82) is 0 Å². The molecule has 3 aromatic rings. The van der Waals surface area contributed by atoms with Crippen LogP contribution in [0.1, 0.15) is 5.56 Å². The van der Waals surface area contributed by atoms with Crippen molar-refractivity contribution in [2.75, 3.05) is 7.11 Å². The number of ether oxygens (including phenoxy) is 1. The van der Waals surface area contributed by atoms with Crippen molar-refractivity contribution >= 4 is 11.0 Å². The van der Waals surface area contributed by atoms with E-state index in [9.17, 15) is 13.2 Å². The van der Waals surface area contributed by atoms with Crippen molar-refractivity contribution in [3.05, 3.63) is 48.0 Å². The van der Waals surface area contributed by atoms with Crippen molar-refractivity contribution in [2.24, 2.45) is 0 Å². The zero-order chi connectivity index (χ0) is 15.0. The van der Waals surface area contributed by atoms with E-state index in [1.165, 1.54) is 6.07 Å². The van der Waals surface area contributed by atoms with E-state index in [4.69, 9.17) is 4.74 Å². The highest BCUT2D eigenvalue weighted by Crippen LogP contribution is 2.32. The number of fused-ring (bicyclic) bond motifs is 1. The van der Waals surface area contributed by atoms with Crippen LogP contribution in [-0.2, 0) is 6.18 Å². The lowest BCUT2D eigenvalue weighted by molar-refractivity contribution is -0.137. The SMILES string of the molecule is COc1ccc2nc(-c3cccc(C(F)(F)F)c3)[nH]c2c1. The van der Waals surface area contributed by atoms with Gasteiger partial charge in [-0.2, -0.15) is 13.2 Å². The van der Waals surface area contributed by atoms with E-state index in [1.54, 1.807) is 31.4 Å². The smallest absolute Gasteiger partial charge is 0.416 e. The van der Waals surface area contributed by atoms with E-state index >= 15 is 0 Å². The highest BCUT2D eigenvalue weighted by atomic mass is 19.4. The highest BCUT2D eigenvalue weighted by molar-refractivity contribution is 5.80. The van der Waals surface area contributed by atoms with Gasteiger partial charge in [0.1, 0.15) is 11.6 Å². The molecule has 3 rings (SSSR count). The van der Waals surface area contributed by atoms with Crippen molar-refractivity contribution < 1.29 is 17.9 Å². The van der Waals surface area contributed by atoms with E-state index < -0.39 is 11.7 Å². The van der Waals surface area contributed by atoms with Gasteiger partial charge in [0.25, 0.3) is 0 Å².